The molecule has 2 heterocycles. The summed E-state index contributed by atoms with van der Waals surface area (Å²) in [5, 5.41) is 10.7. The zero-order valence-corrected chi connectivity index (χ0v) is 21.2. The highest BCUT2D eigenvalue weighted by Gasteiger charge is 2.38. The van der Waals surface area contributed by atoms with E-state index in [2.05, 4.69) is 25.7 Å². The average Bonchev–Trinajstić information content (AvgIpc) is 3.51. The van der Waals surface area contributed by atoms with Gasteiger partial charge in [0.05, 0.1) is 6.42 Å². The number of nitrogens with two attached hydrogens (primary N) is 1. The lowest BCUT2D eigenvalue weighted by molar-refractivity contribution is -0.141. The zero-order valence-electron chi connectivity index (χ0n) is 21.2. The van der Waals surface area contributed by atoms with E-state index < -0.39 is 42.6 Å². The maximum absolute atomic E-state index is 13.3. The van der Waals surface area contributed by atoms with E-state index >= 15 is 0 Å². The van der Waals surface area contributed by atoms with Crippen LogP contribution in [0.1, 0.15) is 75.4 Å². The summed E-state index contributed by atoms with van der Waals surface area (Å²) in [7, 11) is 0. The minimum atomic E-state index is -4.85. The lowest BCUT2D eigenvalue weighted by Gasteiger charge is -2.11. The number of benzene rings is 1. The molecule has 1 aromatic carbocycles. The number of imidazole rings is 1. The molecule has 3 rings (SSSR count). The zero-order chi connectivity index (χ0) is 28.6. The van der Waals surface area contributed by atoms with Crippen LogP contribution in [0.15, 0.2) is 24.4 Å². The van der Waals surface area contributed by atoms with Crippen LogP contribution in [-0.4, -0.2) is 51.5 Å². The Bertz CT molecular complexity index is 1270. The summed E-state index contributed by atoms with van der Waals surface area (Å²) in [4.78, 5) is 31.8. The van der Waals surface area contributed by atoms with E-state index in [1.165, 1.54) is 0 Å². The van der Waals surface area contributed by atoms with Crippen LogP contribution in [0.3, 0.4) is 0 Å². The summed E-state index contributed by atoms with van der Waals surface area (Å²) in [5.41, 5.74) is 5.06. The quantitative estimate of drug-likeness (QED) is 0.159. The second kappa shape index (κ2) is 13.3. The monoisotopic (exact) mass is 555 g/mol. The Morgan fingerprint density at radius 3 is 2.56 bits per heavy atom. The molecule has 0 fully saturated rings. The van der Waals surface area contributed by atoms with E-state index in [0.29, 0.717) is 36.3 Å². The van der Waals surface area contributed by atoms with Crippen LogP contribution in [0.2, 0.25) is 0 Å². The summed E-state index contributed by atoms with van der Waals surface area (Å²) in [6, 6.07) is 4.81. The molecule has 0 bridgehead atoms. The first kappa shape index (κ1) is 29.7. The fraction of sp³-hybridized carbons (Fsp3) is 0.440. The highest BCUT2D eigenvalue weighted by Crippen LogP contribution is 2.33. The first-order valence-corrected chi connectivity index (χ1v) is 12.4. The number of unbranched alkanes of at least 4 members (excludes halogenated alkanes) is 2. The number of nitrogens with one attached hydrogen (secondary N) is 4. The predicted octanol–water partition coefficient (Wildman–Crippen LogP) is 4.22. The maximum Gasteiger partial charge on any atom is 0.435 e. The van der Waals surface area contributed by atoms with Gasteiger partial charge < -0.3 is 21.4 Å². The standard InChI is InChI=1S/C25H30F5N7O2/c1-2-14-10-15(6-7-17(14)23(38)32-9-5-3-4-8-31)35-24(39)22-33-13-16(34-22)11-18-19(12-20(26)27)36-37-21(18)25(28,29)30/h6-7,10,13,20H,2-5,8-9,11-12,31H2,1H3,(H,32,38)(H,33,34)(H,35,39)(H,36,37). The van der Waals surface area contributed by atoms with Crippen LogP contribution in [-0.2, 0) is 25.4 Å². The molecule has 0 radical (unpaired) electrons. The van der Waals surface area contributed by atoms with Gasteiger partial charge in [-0.2, -0.15) is 18.3 Å². The molecule has 14 heteroatoms. The van der Waals surface area contributed by atoms with Gasteiger partial charge in [-0.15, -0.1) is 0 Å². The number of H-pyrrole nitrogens is 2. The van der Waals surface area contributed by atoms with Crippen molar-refractivity contribution in [1.82, 2.24) is 25.5 Å². The van der Waals surface area contributed by atoms with Crippen molar-refractivity contribution in [3.8, 4) is 0 Å². The van der Waals surface area contributed by atoms with E-state index in [1.54, 1.807) is 18.2 Å². The molecular weight excluding hydrogens is 525 g/mol. The van der Waals surface area contributed by atoms with Gasteiger partial charge in [-0.3, -0.25) is 14.7 Å². The Morgan fingerprint density at radius 1 is 1.13 bits per heavy atom. The number of aryl methyl sites for hydroxylation is 1. The lowest BCUT2D eigenvalue weighted by atomic mass is 10.0. The van der Waals surface area contributed by atoms with Crippen LogP contribution < -0.4 is 16.4 Å². The van der Waals surface area contributed by atoms with E-state index in [4.69, 9.17) is 5.73 Å². The van der Waals surface area contributed by atoms with Crippen molar-refractivity contribution in [1.29, 1.82) is 0 Å². The number of carbonyl (C=O) groups excluding carboxylic acids is 2. The number of amides is 2. The second-order valence-electron chi connectivity index (χ2n) is 8.84. The third-order valence-corrected chi connectivity index (χ3v) is 5.95. The highest BCUT2D eigenvalue weighted by molar-refractivity contribution is 6.02. The van der Waals surface area contributed by atoms with Crippen LogP contribution in [0, 0.1) is 0 Å². The first-order chi connectivity index (χ1) is 18.5. The molecule has 0 aliphatic rings. The summed E-state index contributed by atoms with van der Waals surface area (Å²) >= 11 is 0. The van der Waals surface area contributed by atoms with Crippen LogP contribution in [0.25, 0.3) is 0 Å². The molecular formula is C25H30F5N7O2. The molecule has 0 saturated heterocycles. The van der Waals surface area contributed by atoms with Crippen molar-refractivity contribution >= 4 is 17.5 Å². The molecule has 9 nitrogen and oxygen atoms in total. The molecule has 0 saturated carbocycles. The number of aromatic amines is 2. The Hall–Kier alpha value is -3.81. The van der Waals surface area contributed by atoms with Crippen molar-refractivity contribution in [2.75, 3.05) is 18.4 Å². The van der Waals surface area contributed by atoms with Crippen molar-refractivity contribution < 1.29 is 31.5 Å². The molecule has 0 unspecified atom stereocenters. The van der Waals surface area contributed by atoms with Crippen LogP contribution in [0.4, 0.5) is 27.6 Å². The average molecular weight is 556 g/mol. The van der Waals surface area contributed by atoms with Gasteiger partial charge in [0, 0.05) is 47.4 Å². The van der Waals surface area contributed by atoms with Gasteiger partial charge in [-0.1, -0.05) is 13.3 Å². The number of nitrogens with zero attached hydrogens (tertiary/aromatic N) is 2. The van der Waals surface area contributed by atoms with Gasteiger partial charge in [0.25, 0.3) is 11.8 Å². The largest absolute Gasteiger partial charge is 0.435 e. The number of rotatable bonds is 13. The van der Waals surface area contributed by atoms with Gasteiger partial charge in [0.2, 0.25) is 6.43 Å². The normalized spacial score (nSPS) is 11.7. The molecule has 0 atom stereocenters. The Kier molecular flexibility index (Phi) is 10.2. The van der Waals surface area contributed by atoms with E-state index in [-0.39, 0.29) is 23.1 Å². The van der Waals surface area contributed by atoms with Gasteiger partial charge in [0.1, 0.15) is 0 Å². The smallest absolute Gasteiger partial charge is 0.352 e. The Labute approximate surface area is 221 Å². The summed E-state index contributed by atoms with van der Waals surface area (Å²) in [6.07, 6.45) is -4.79. The second-order valence-corrected chi connectivity index (χ2v) is 8.84. The third-order valence-electron chi connectivity index (χ3n) is 5.95. The topological polar surface area (TPSA) is 142 Å². The number of hydrogen-bond acceptors (Lipinski definition) is 5. The molecule has 0 aliphatic carbocycles. The molecule has 0 spiro atoms. The van der Waals surface area contributed by atoms with E-state index in [0.717, 1.165) is 25.5 Å². The number of carbonyl (C=O) groups is 2. The number of hydrogen-bond donors (Lipinski definition) is 5. The first-order valence-electron chi connectivity index (χ1n) is 12.4. The molecule has 3 aromatic rings. The number of aromatic nitrogens is 4. The summed E-state index contributed by atoms with van der Waals surface area (Å²) in [6.45, 7) is 2.99. The lowest BCUT2D eigenvalue weighted by Crippen LogP contribution is -2.25. The van der Waals surface area contributed by atoms with E-state index in [1.807, 2.05) is 12.0 Å². The van der Waals surface area contributed by atoms with Gasteiger partial charge in [-0.05, 0) is 49.6 Å². The van der Waals surface area contributed by atoms with Crippen molar-refractivity contribution in [2.45, 2.75) is 58.1 Å². The maximum atomic E-state index is 13.3. The molecule has 2 amide bonds. The van der Waals surface area contributed by atoms with Gasteiger partial charge >= 0.3 is 6.18 Å². The minimum Gasteiger partial charge on any atom is -0.352 e. The SMILES string of the molecule is CCc1cc(NC(=O)c2ncc(Cc3c(C(F)(F)F)n[nH]c3CC(F)F)[nH]2)ccc1C(=O)NCCCCCN. The molecule has 2 aromatic heterocycles. The van der Waals surface area contributed by atoms with Gasteiger partial charge in [-0.25, -0.2) is 13.8 Å². The predicted molar refractivity (Wildman–Crippen MR) is 134 cm³/mol. The van der Waals surface area contributed by atoms with Crippen molar-refractivity contribution in [3.05, 3.63) is 64.0 Å². The molecule has 0 aliphatic heterocycles. The number of halogens is 5. The van der Waals surface area contributed by atoms with Crippen molar-refractivity contribution in [3.63, 3.8) is 0 Å². The van der Waals surface area contributed by atoms with Crippen LogP contribution in [0.5, 0.6) is 0 Å². The highest BCUT2D eigenvalue weighted by atomic mass is 19.4. The fourth-order valence-electron chi connectivity index (χ4n) is 4.02. The Morgan fingerprint density at radius 2 is 1.90 bits per heavy atom. The summed E-state index contributed by atoms with van der Waals surface area (Å²) < 4.78 is 65.7. The van der Waals surface area contributed by atoms with Crippen molar-refractivity contribution in [2.24, 2.45) is 5.73 Å². The Balaban J connectivity index is 1.69. The van der Waals surface area contributed by atoms with Crippen LogP contribution >= 0.6 is 0 Å². The minimum absolute atomic E-state index is 0.107. The molecule has 39 heavy (non-hydrogen) atoms. The van der Waals surface area contributed by atoms with Gasteiger partial charge in [0.15, 0.2) is 11.5 Å². The van der Waals surface area contributed by atoms with E-state index in [9.17, 15) is 31.5 Å². The third kappa shape index (κ3) is 8.09. The molecule has 212 valence electrons. The molecule has 6 N–H and O–H groups in total. The number of anilines is 1. The fourth-order valence-corrected chi connectivity index (χ4v) is 4.02. The number of alkyl halides is 5. The summed E-state index contributed by atoms with van der Waals surface area (Å²) in [5.74, 6) is -1.08.